The number of para-hydroxylation sites is 1. The standard InChI is InChI=1S/C25H26BrN5O3/c1-17-5-2-3-6-20(17)31-21-16-27-23(26)14-19(21)24(29-31)18-13-22(34-10-4-9-32)25(28-15-18)30-7-11-33-12-8-30/h2-3,5-6,13-16,32H,4,7-12H2,1H3. The summed E-state index contributed by atoms with van der Waals surface area (Å²) < 4.78 is 14.2. The molecule has 0 saturated carbocycles. The number of pyridine rings is 2. The molecule has 0 radical (unpaired) electrons. The summed E-state index contributed by atoms with van der Waals surface area (Å²) in [6.45, 7) is 5.39. The van der Waals surface area contributed by atoms with Crippen LogP contribution in [0, 0.1) is 6.92 Å². The van der Waals surface area contributed by atoms with Crippen molar-refractivity contribution in [3.63, 3.8) is 0 Å². The van der Waals surface area contributed by atoms with Crippen LogP contribution in [-0.4, -0.2) is 64.4 Å². The average Bonchev–Trinajstić information content (AvgIpc) is 3.23. The van der Waals surface area contributed by atoms with Crippen molar-refractivity contribution in [3.05, 3.63) is 59.0 Å². The van der Waals surface area contributed by atoms with Gasteiger partial charge >= 0.3 is 0 Å². The van der Waals surface area contributed by atoms with Gasteiger partial charge in [-0.3, -0.25) is 0 Å². The summed E-state index contributed by atoms with van der Waals surface area (Å²) in [7, 11) is 0. The average molecular weight is 524 g/mol. The molecule has 176 valence electrons. The van der Waals surface area contributed by atoms with Crippen LogP contribution in [-0.2, 0) is 4.74 Å². The lowest BCUT2D eigenvalue weighted by Crippen LogP contribution is -2.37. The Morgan fingerprint density at radius 1 is 1.12 bits per heavy atom. The monoisotopic (exact) mass is 523 g/mol. The Morgan fingerprint density at radius 3 is 2.74 bits per heavy atom. The molecule has 8 nitrogen and oxygen atoms in total. The number of rotatable bonds is 7. The first-order valence-electron chi connectivity index (χ1n) is 11.3. The molecule has 0 bridgehead atoms. The van der Waals surface area contributed by atoms with E-state index in [4.69, 9.17) is 19.6 Å². The number of anilines is 1. The van der Waals surface area contributed by atoms with Crippen LogP contribution in [0.25, 0.3) is 27.8 Å². The fraction of sp³-hybridized carbons (Fsp3) is 0.320. The summed E-state index contributed by atoms with van der Waals surface area (Å²) in [5, 5.41) is 15.2. The third-order valence-corrected chi connectivity index (χ3v) is 6.29. The van der Waals surface area contributed by atoms with E-state index >= 15 is 0 Å². The molecule has 34 heavy (non-hydrogen) atoms. The molecule has 0 spiro atoms. The molecule has 0 amide bonds. The minimum absolute atomic E-state index is 0.0759. The van der Waals surface area contributed by atoms with Gasteiger partial charge in [0.2, 0.25) is 0 Å². The molecule has 5 rings (SSSR count). The lowest BCUT2D eigenvalue weighted by atomic mass is 10.1. The van der Waals surface area contributed by atoms with Crippen LogP contribution in [0.4, 0.5) is 5.82 Å². The predicted molar refractivity (Wildman–Crippen MR) is 135 cm³/mol. The van der Waals surface area contributed by atoms with E-state index in [2.05, 4.69) is 44.9 Å². The van der Waals surface area contributed by atoms with Crippen LogP contribution in [0.1, 0.15) is 12.0 Å². The second-order valence-electron chi connectivity index (χ2n) is 8.14. The molecule has 0 unspecified atom stereocenters. The van der Waals surface area contributed by atoms with Crippen LogP contribution >= 0.6 is 15.9 Å². The van der Waals surface area contributed by atoms with Crippen molar-refractivity contribution in [2.45, 2.75) is 13.3 Å². The van der Waals surface area contributed by atoms with Crippen molar-refractivity contribution >= 4 is 32.7 Å². The zero-order valence-electron chi connectivity index (χ0n) is 18.9. The summed E-state index contributed by atoms with van der Waals surface area (Å²) in [6.07, 6.45) is 4.23. The van der Waals surface area contributed by atoms with E-state index in [1.807, 2.05) is 41.3 Å². The number of aromatic nitrogens is 4. The first-order chi connectivity index (χ1) is 16.7. The van der Waals surface area contributed by atoms with Crippen molar-refractivity contribution in [1.82, 2.24) is 19.7 Å². The molecule has 1 fully saturated rings. The number of hydrogen-bond donors (Lipinski definition) is 1. The van der Waals surface area contributed by atoms with E-state index in [0.29, 0.717) is 32.0 Å². The van der Waals surface area contributed by atoms with E-state index in [9.17, 15) is 5.11 Å². The highest BCUT2D eigenvalue weighted by molar-refractivity contribution is 9.10. The Balaban J connectivity index is 1.63. The fourth-order valence-corrected chi connectivity index (χ4v) is 4.45. The number of fused-ring (bicyclic) bond motifs is 1. The molecule has 4 heterocycles. The van der Waals surface area contributed by atoms with E-state index in [0.717, 1.165) is 56.9 Å². The Bertz CT molecular complexity index is 1300. The molecule has 4 aromatic rings. The molecule has 9 heteroatoms. The number of ether oxygens (including phenoxy) is 2. The largest absolute Gasteiger partial charge is 0.490 e. The maximum Gasteiger partial charge on any atom is 0.171 e. The van der Waals surface area contributed by atoms with Gasteiger partial charge in [0.1, 0.15) is 10.3 Å². The highest BCUT2D eigenvalue weighted by atomic mass is 79.9. The third kappa shape index (κ3) is 4.51. The molecule has 1 saturated heterocycles. The van der Waals surface area contributed by atoms with Gasteiger partial charge in [-0.25, -0.2) is 14.6 Å². The molecular weight excluding hydrogens is 498 g/mol. The number of aryl methyl sites for hydroxylation is 1. The van der Waals surface area contributed by atoms with Gasteiger partial charge in [0, 0.05) is 43.3 Å². The topological polar surface area (TPSA) is 85.5 Å². The minimum atomic E-state index is 0.0759. The molecule has 3 aromatic heterocycles. The molecule has 1 aromatic carbocycles. The van der Waals surface area contributed by atoms with Crippen LogP contribution in [0.5, 0.6) is 5.75 Å². The molecule has 0 atom stereocenters. The summed E-state index contributed by atoms with van der Waals surface area (Å²) in [4.78, 5) is 11.4. The Hall–Kier alpha value is -3.01. The van der Waals surface area contributed by atoms with Gasteiger partial charge in [0.05, 0.1) is 37.2 Å². The van der Waals surface area contributed by atoms with Gasteiger partial charge in [-0.2, -0.15) is 5.10 Å². The smallest absolute Gasteiger partial charge is 0.171 e. The Labute approximate surface area is 206 Å². The number of benzene rings is 1. The highest BCUT2D eigenvalue weighted by Gasteiger charge is 2.21. The van der Waals surface area contributed by atoms with Gasteiger partial charge in [0.25, 0.3) is 0 Å². The second kappa shape index (κ2) is 10.1. The van der Waals surface area contributed by atoms with E-state index in [1.54, 1.807) is 0 Å². The van der Waals surface area contributed by atoms with Crippen molar-refractivity contribution in [2.24, 2.45) is 0 Å². The summed E-state index contributed by atoms with van der Waals surface area (Å²) in [5.41, 5.74) is 4.68. The normalized spacial score (nSPS) is 14.0. The molecular formula is C25H26BrN5O3. The minimum Gasteiger partial charge on any atom is -0.490 e. The Morgan fingerprint density at radius 2 is 1.94 bits per heavy atom. The fourth-order valence-electron chi connectivity index (χ4n) is 4.12. The zero-order valence-corrected chi connectivity index (χ0v) is 20.5. The first-order valence-corrected chi connectivity index (χ1v) is 12.1. The highest BCUT2D eigenvalue weighted by Crippen LogP contribution is 2.36. The number of aliphatic hydroxyl groups excluding tert-OH is 1. The zero-order chi connectivity index (χ0) is 23.5. The van der Waals surface area contributed by atoms with E-state index in [-0.39, 0.29) is 6.61 Å². The lowest BCUT2D eigenvalue weighted by Gasteiger charge is -2.29. The first kappa shape index (κ1) is 22.8. The molecule has 0 aliphatic carbocycles. The summed E-state index contributed by atoms with van der Waals surface area (Å²) in [5.74, 6) is 1.47. The van der Waals surface area contributed by atoms with E-state index in [1.165, 1.54) is 0 Å². The number of morpholine rings is 1. The van der Waals surface area contributed by atoms with E-state index < -0.39 is 0 Å². The van der Waals surface area contributed by atoms with Gasteiger partial charge in [-0.1, -0.05) is 18.2 Å². The third-order valence-electron chi connectivity index (χ3n) is 5.85. The number of nitrogens with zero attached hydrogens (tertiary/aromatic N) is 5. The van der Waals surface area contributed by atoms with Gasteiger partial charge in [0.15, 0.2) is 11.6 Å². The van der Waals surface area contributed by atoms with Gasteiger partial charge < -0.3 is 19.5 Å². The summed E-state index contributed by atoms with van der Waals surface area (Å²) in [6, 6.07) is 12.1. The van der Waals surface area contributed by atoms with Crippen molar-refractivity contribution in [3.8, 4) is 22.7 Å². The number of aliphatic hydroxyl groups is 1. The predicted octanol–water partition coefficient (Wildman–Crippen LogP) is 4.15. The SMILES string of the molecule is Cc1ccccc1-n1nc(-c2cnc(N3CCOCC3)c(OCCCO)c2)c2cc(Br)ncc21. The van der Waals surface area contributed by atoms with Crippen molar-refractivity contribution in [1.29, 1.82) is 0 Å². The molecule has 1 aliphatic heterocycles. The molecule has 1 N–H and O–H groups in total. The Kier molecular flexibility index (Phi) is 6.75. The van der Waals surface area contributed by atoms with Crippen LogP contribution in [0.15, 0.2) is 53.4 Å². The van der Waals surface area contributed by atoms with Crippen LogP contribution in [0.2, 0.25) is 0 Å². The number of hydrogen-bond acceptors (Lipinski definition) is 7. The quantitative estimate of drug-likeness (QED) is 0.287. The molecule has 1 aliphatic rings. The van der Waals surface area contributed by atoms with Crippen LogP contribution in [0.3, 0.4) is 0 Å². The number of halogens is 1. The maximum absolute atomic E-state index is 9.23. The van der Waals surface area contributed by atoms with Gasteiger partial charge in [-0.15, -0.1) is 0 Å². The maximum atomic E-state index is 9.23. The van der Waals surface area contributed by atoms with Crippen molar-refractivity contribution in [2.75, 3.05) is 44.4 Å². The van der Waals surface area contributed by atoms with Gasteiger partial charge in [-0.05, 0) is 46.6 Å². The lowest BCUT2D eigenvalue weighted by molar-refractivity contribution is 0.122. The van der Waals surface area contributed by atoms with Crippen LogP contribution < -0.4 is 9.64 Å². The summed E-state index contributed by atoms with van der Waals surface area (Å²) >= 11 is 3.51. The van der Waals surface area contributed by atoms with Crippen molar-refractivity contribution < 1.29 is 14.6 Å². The second-order valence-corrected chi connectivity index (χ2v) is 8.95.